The van der Waals surface area contributed by atoms with Gasteiger partial charge in [-0.1, -0.05) is 11.6 Å². The minimum atomic E-state index is -0.244. The second kappa shape index (κ2) is 3.00. The van der Waals surface area contributed by atoms with Gasteiger partial charge in [0, 0.05) is 28.7 Å². The summed E-state index contributed by atoms with van der Waals surface area (Å²) in [6, 6.07) is 3.50. The van der Waals surface area contributed by atoms with Gasteiger partial charge in [-0.15, -0.1) is 0 Å². The van der Waals surface area contributed by atoms with E-state index in [1.807, 2.05) is 0 Å². The van der Waals surface area contributed by atoms with Crippen LogP contribution in [0.3, 0.4) is 0 Å². The Balaban J connectivity index is 2.16. The highest BCUT2D eigenvalue weighted by atomic mass is 35.5. The summed E-state index contributed by atoms with van der Waals surface area (Å²) in [5.41, 5.74) is 6.04. The second-order valence-corrected chi connectivity index (χ2v) is 3.69. The van der Waals surface area contributed by atoms with Gasteiger partial charge in [-0.05, 0) is 18.6 Å². The molecule has 0 radical (unpaired) electrons. The summed E-state index contributed by atoms with van der Waals surface area (Å²) in [4.78, 5) is 14.9. The van der Waals surface area contributed by atoms with Crippen molar-refractivity contribution < 1.29 is 4.79 Å². The predicted molar refractivity (Wildman–Crippen MR) is 49.3 cm³/mol. The van der Waals surface area contributed by atoms with Crippen molar-refractivity contribution >= 4 is 17.5 Å². The van der Waals surface area contributed by atoms with Gasteiger partial charge in [-0.2, -0.15) is 0 Å². The molecule has 0 aromatic carbocycles. The van der Waals surface area contributed by atoms with Gasteiger partial charge >= 0.3 is 0 Å². The summed E-state index contributed by atoms with van der Waals surface area (Å²) in [6.07, 6.45) is 2.46. The van der Waals surface area contributed by atoms with Crippen LogP contribution in [0.4, 0.5) is 0 Å². The number of nitrogens with zero attached hydrogens (tertiary/aromatic N) is 1. The summed E-state index contributed by atoms with van der Waals surface area (Å²) in [5, 5.41) is 0.653. The van der Waals surface area contributed by atoms with Crippen LogP contribution in [-0.4, -0.2) is 10.9 Å². The van der Waals surface area contributed by atoms with E-state index in [9.17, 15) is 4.79 Å². The Labute approximate surface area is 80.9 Å². The number of primary amides is 1. The second-order valence-electron chi connectivity index (χ2n) is 3.25. The summed E-state index contributed by atoms with van der Waals surface area (Å²) in [6.45, 7) is 0. The zero-order valence-electron chi connectivity index (χ0n) is 6.90. The maximum atomic E-state index is 10.8. The van der Waals surface area contributed by atoms with Crippen molar-refractivity contribution in [2.45, 2.75) is 12.3 Å². The maximum Gasteiger partial charge on any atom is 0.221 e. The third-order valence-electron chi connectivity index (χ3n) is 2.28. The quantitative estimate of drug-likeness (QED) is 0.776. The van der Waals surface area contributed by atoms with Crippen molar-refractivity contribution in [1.82, 2.24) is 4.98 Å². The van der Waals surface area contributed by atoms with Crippen molar-refractivity contribution in [2.24, 2.45) is 11.7 Å². The lowest BCUT2D eigenvalue weighted by Crippen LogP contribution is -2.13. The average molecular weight is 197 g/mol. The molecular weight excluding hydrogens is 188 g/mol. The lowest BCUT2D eigenvalue weighted by Gasteiger charge is -1.97. The van der Waals surface area contributed by atoms with Gasteiger partial charge in [0.2, 0.25) is 5.91 Å². The Hall–Kier alpha value is -1.09. The first-order chi connectivity index (χ1) is 6.18. The van der Waals surface area contributed by atoms with E-state index in [4.69, 9.17) is 17.3 Å². The van der Waals surface area contributed by atoms with Crippen LogP contribution in [0.5, 0.6) is 0 Å². The zero-order chi connectivity index (χ0) is 9.42. The first-order valence-electron chi connectivity index (χ1n) is 4.09. The van der Waals surface area contributed by atoms with E-state index in [1.54, 1.807) is 18.3 Å². The standard InChI is InChI=1S/C9H9ClN2O/c10-5-1-2-12-8(3-5)6-4-7(6)9(11)13/h1-3,6-7H,4H2,(H2,11,13)/t6?,7-/m0/s1. The molecule has 13 heavy (non-hydrogen) atoms. The van der Waals surface area contributed by atoms with Gasteiger partial charge in [0.1, 0.15) is 0 Å². The minimum Gasteiger partial charge on any atom is -0.369 e. The largest absolute Gasteiger partial charge is 0.369 e. The fourth-order valence-corrected chi connectivity index (χ4v) is 1.63. The number of rotatable bonds is 2. The highest BCUT2D eigenvalue weighted by Gasteiger charge is 2.43. The number of carbonyl (C=O) groups is 1. The number of hydrogen-bond donors (Lipinski definition) is 1. The van der Waals surface area contributed by atoms with Crippen LogP contribution in [0, 0.1) is 5.92 Å². The molecule has 2 rings (SSSR count). The van der Waals surface area contributed by atoms with Crippen LogP contribution < -0.4 is 5.73 Å². The molecule has 1 aliphatic carbocycles. The van der Waals surface area contributed by atoms with E-state index in [-0.39, 0.29) is 17.7 Å². The topological polar surface area (TPSA) is 56.0 Å². The summed E-state index contributed by atoms with van der Waals surface area (Å²) < 4.78 is 0. The van der Waals surface area contributed by atoms with Gasteiger partial charge in [0.15, 0.2) is 0 Å². The van der Waals surface area contributed by atoms with Crippen molar-refractivity contribution in [1.29, 1.82) is 0 Å². The molecule has 0 bridgehead atoms. The summed E-state index contributed by atoms with van der Waals surface area (Å²) >= 11 is 5.79. The highest BCUT2D eigenvalue weighted by molar-refractivity contribution is 6.30. The molecule has 3 nitrogen and oxygen atoms in total. The minimum absolute atomic E-state index is 0.0361. The van der Waals surface area contributed by atoms with E-state index in [0.29, 0.717) is 5.02 Å². The van der Waals surface area contributed by atoms with Gasteiger partial charge in [0.05, 0.1) is 0 Å². The molecule has 1 amide bonds. The van der Waals surface area contributed by atoms with Crippen LogP contribution in [0.2, 0.25) is 5.02 Å². The van der Waals surface area contributed by atoms with Crippen LogP contribution >= 0.6 is 11.6 Å². The Morgan fingerprint density at radius 1 is 1.69 bits per heavy atom. The number of amides is 1. The molecule has 4 heteroatoms. The summed E-state index contributed by atoms with van der Waals surface area (Å²) in [5.74, 6) is -0.0889. The first kappa shape index (κ1) is 8.51. The van der Waals surface area contributed by atoms with Gasteiger partial charge in [-0.3, -0.25) is 9.78 Å². The molecule has 1 unspecified atom stereocenters. The normalized spacial score (nSPS) is 25.6. The SMILES string of the molecule is NC(=O)[C@H]1CC1c1cc(Cl)ccn1. The van der Waals surface area contributed by atoms with E-state index >= 15 is 0 Å². The molecule has 1 saturated carbocycles. The third-order valence-corrected chi connectivity index (χ3v) is 2.51. The molecule has 1 fully saturated rings. The number of hydrogen-bond acceptors (Lipinski definition) is 2. The molecular formula is C9H9ClN2O. The smallest absolute Gasteiger partial charge is 0.221 e. The Morgan fingerprint density at radius 3 is 3.00 bits per heavy atom. The van der Waals surface area contributed by atoms with E-state index in [1.165, 1.54) is 0 Å². The molecule has 68 valence electrons. The Morgan fingerprint density at radius 2 is 2.46 bits per heavy atom. The van der Waals surface area contributed by atoms with Crippen LogP contribution in [0.15, 0.2) is 18.3 Å². The Bertz CT molecular complexity index is 353. The molecule has 2 atom stereocenters. The van der Waals surface area contributed by atoms with Gasteiger partial charge < -0.3 is 5.73 Å². The molecule has 2 N–H and O–H groups in total. The molecule has 1 heterocycles. The highest BCUT2D eigenvalue weighted by Crippen LogP contribution is 2.46. The van der Waals surface area contributed by atoms with E-state index < -0.39 is 0 Å². The number of pyridine rings is 1. The fraction of sp³-hybridized carbons (Fsp3) is 0.333. The van der Waals surface area contributed by atoms with Crippen LogP contribution in [0.25, 0.3) is 0 Å². The van der Waals surface area contributed by atoms with Crippen LogP contribution in [-0.2, 0) is 4.79 Å². The number of halogens is 1. The molecule has 0 saturated heterocycles. The molecule has 1 aliphatic rings. The molecule has 1 aromatic rings. The lowest BCUT2D eigenvalue weighted by molar-refractivity contribution is -0.119. The third kappa shape index (κ3) is 1.65. The molecule has 0 aliphatic heterocycles. The number of nitrogens with two attached hydrogens (primary N) is 1. The number of aromatic nitrogens is 1. The molecule has 1 aromatic heterocycles. The lowest BCUT2D eigenvalue weighted by atomic mass is 10.2. The Kier molecular flexibility index (Phi) is 1.96. The predicted octanol–water partition coefficient (Wildman–Crippen LogP) is 1.32. The van der Waals surface area contributed by atoms with E-state index in [2.05, 4.69) is 4.98 Å². The molecule has 0 spiro atoms. The average Bonchev–Trinajstić information content (AvgIpc) is 2.82. The summed E-state index contributed by atoms with van der Waals surface area (Å²) in [7, 11) is 0. The van der Waals surface area contributed by atoms with E-state index in [0.717, 1.165) is 12.1 Å². The number of carbonyl (C=O) groups excluding carboxylic acids is 1. The first-order valence-corrected chi connectivity index (χ1v) is 4.47. The maximum absolute atomic E-state index is 10.8. The van der Waals surface area contributed by atoms with Crippen molar-refractivity contribution in [3.63, 3.8) is 0 Å². The monoisotopic (exact) mass is 196 g/mol. The van der Waals surface area contributed by atoms with Crippen molar-refractivity contribution in [3.8, 4) is 0 Å². The van der Waals surface area contributed by atoms with Crippen molar-refractivity contribution in [3.05, 3.63) is 29.0 Å². The fourth-order valence-electron chi connectivity index (χ4n) is 1.46. The van der Waals surface area contributed by atoms with Crippen molar-refractivity contribution in [2.75, 3.05) is 0 Å². The van der Waals surface area contributed by atoms with Gasteiger partial charge in [0.25, 0.3) is 0 Å². The van der Waals surface area contributed by atoms with Crippen LogP contribution in [0.1, 0.15) is 18.0 Å². The van der Waals surface area contributed by atoms with Gasteiger partial charge in [-0.25, -0.2) is 0 Å². The zero-order valence-corrected chi connectivity index (χ0v) is 7.66.